The number of amides is 4. The van der Waals surface area contributed by atoms with Gasteiger partial charge in [0.25, 0.3) is 5.91 Å². The first-order valence-corrected chi connectivity index (χ1v) is 5.73. The van der Waals surface area contributed by atoms with E-state index in [2.05, 4.69) is 10.6 Å². The maximum Gasteiger partial charge on any atom is 0.326 e. The third kappa shape index (κ3) is 3.67. The molecule has 1 saturated heterocycles. The van der Waals surface area contributed by atoms with Gasteiger partial charge in [0.05, 0.1) is 6.54 Å². The molecule has 0 aliphatic carbocycles. The Morgan fingerprint density at radius 3 is 2.37 bits per heavy atom. The Morgan fingerprint density at radius 1 is 1.42 bits per heavy atom. The Labute approximate surface area is 110 Å². The van der Waals surface area contributed by atoms with E-state index in [1.807, 2.05) is 0 Å². The fraction of sp³-hybridized carbons (Fsp3) is 0.636. The van der Waals surface area contributed by atoms with E-state index in [0.29, 0.717) is 0 Å². The molecule has 0 unspecified atom stereocenters. The number of hydrogen-bond donors (Lipinski definition) is 3. The summed E-state index contributed by atoms with van der Waals surface area (Å²) in [7, 11) is 0. The summed E-state index contributed by atoms with van der Waals surface area (Å²) in [5.41, 5.74) is -0.682. The first kappa shape index (κ1) is 14.9. The standard InChI is InChI=1S/C11H17N3O5/c1-11(2,3)8(9(17)18)13-6(15)5-14-7(16)4-12-10(14)19/h8H,4-5H2,1-3H3,(H,12,19)(H,13,15)(H,17,18)/t8-/m0/s1. The van der Waals surface area contributed by atoms with E-state index in [4.69, 9.17) is 5.11 Å². The molecule has 8 nitrogen and oxygen atoms in total. The van der Waals surface area contributed by atoms with Gasteiger partial charge >= 0.3 is 12.0 Å². The van der Waals surface area contributed by atoms with Crippen LogP contribution in [0.1, 0.15) is 20.8 Å². The summed E-state index contributed by atoms with van der Waals surface area (Å²) in [6.07, 6.45) is 0. The number of carboxylic acids is 1. The van der Waals surface area contributed by atoms with Crippen LogP contribution in [0.3, 0.4) is 0 Å². The fourth-order valence-electron chi connectivity index (χ4n) is 1.61. The highest BCUT2D eigenvalue weighted by Gasteiger charge is 2.35. The SMILES string of the molecule is CC(C)(C)[C@@H](NC(=O)CN1C(=O)CNC1=O)C(=O)O. The van der Waals surface area contributed by atoms with E-state index >= 15 is 0 Å². The van der Waals surface area contributed by atoms with Crippen molar-refractivity contribution in [2.24, 2.45) is 5.41 Å². The van der Waals surface area contributed by atoms with Crippen molar-refractivity contribution in [2.45, 2.75) is 26.8 Å². The molecular weight excluding hydrogens is 254 g/mol. The van der Waals surface area contributed by atoms with Crippen LogP contribution < -0.4 is 10.6 Å². The molecule has 0 bridgehead atoms. The third-order valence-corrected chi connectivity index (χ3v) is 2.66. The van der Waals surface area contributed by atoms with Crippen LogP contribution in [0.15, 0.2) is 0 Å². The van der Waals surface area contributed by atoms with E-state index in [9.17, 15) is 19.2 Å². The lowest BCUT2D eigenvalue weighted by Gasteiger charge is -2.28. The highest BCUT2D eigenvalue weighted by atomic mass is 16.4. The van der Waals surface area contributed by atoms with Gasteiger partial charge in [-0.15, -0.1) is 0 Å². The number of rotatable bonds is 4. The third-order valence-electron chi connectivity index (χ3n) is 2.66. The van der Waals surface area contributed by atoms with Crippen molar-refractivity contribution < 1.29 is 24.3 Å². The van der Waals surface area contributed by atoms with E-state index in [0.717, 1.165) is 4.90 Å². The Morgan fingerprint density at radius 2 is 2.00 bits per heavy atom. The number of carbonyl (C=O) groups is 4. The van der Waals surface area contributed by atoms with E-state index in [1.54, 1.807) is 20.8 Å². The minimum Gasteiger partial charge on any atom is -0.480 e. The van der Waals surface area contributed by atoms with Crippen molar-refractivity contribution in [1.82, 2.24) is 15.5 Å². The first-order valence-electron chi connectivity index (χ1n) is 5.73. The summed E-state index contributed by atoms with van der Waals surface area (Å²) in [4.78, 5) is 46.0. The topological polar surface area (TPSA) is 116 Å². The Kier molecular flexibility index (Phi) is 4.13. The molecule has 1 heterocycles. The molecule has 0 saturated carbocycles. The van der Waals surface area contributed by atoms with Crippen LogP contribution in [0.5, 0.6) is 0 Å². The van der Waals surface area contributed by atoms with Gasteiger partial charge in [0.15, 0.2) is 0 Å². The molecule has 0 radical (unpaired) electrons. The summed E-state index contributed by atoms with van der Waals surface area (Å²) in [5, 5.41) is 13.6. The average Bonchev–Trinajstić information content (AvgIpc) is 2.55. The largest absolute Gasteiger partial charge is 0.480 e. The van der Waals surface area contributed by atoms with Gasteiger partial charge in [-0.3, -0.25) is 14.5 Å². The number of nitrogens with one attached hydrogen (secondary N) is 2. The zero-order valence-electron chi connectivity index (χ0n) is 11.0. The molecule has 1 fully saturated rings. The summed E-state index contributed by atoms with van der Waals surface area (Å²) in [5.74, 6) is -2.37. The van der Waals surface area contributed by atoms with E-state index < -0.39 is 41.8 Å². The molecule has 1 aliphatic heterocycles. The first-order chi connectivity index (χ1) is 8.62. The number of aliphatic carboxylic acids is 1. The minimum atomic E-state index is -1.17. The molecule has 0 aromatic rings. The fourth-order valence-corrected chi connectivity index (χ4v) is 1.61. The molecule has 0 aromatic carbocycles. The maximum atomic E-state index is 11.7. The zero-order chi connectivity index (χ0) is 14.8. The molecule has 0 spiro atoms. The minimum absolute atomic E-state index is 0.145. The second kappa shape index (κ2) is 5.25. The second-order valence-corrected chi connectivity index (χ2v) is 5.34. The Balaban J connectivity index is 2.66. The molecule has 0 aromatic heterocycles. The van der Waals surface area contributed by atoms with Crippen molar-refractivity contribution in [3.63, 3.8) is 0 Å². The Bertz CT molecular complexity index is 411. The summed E-state index contributed by atoms with van der Waals surface area (Å²) in [6, 6.07) is -1.75. The van der Waals surface area contributed by atoms with Gasteiger partial charge in [0.2, 0.25) is 5.91 Å². The summed E-state index contributed by atoms with van der Waals surface area (Å²) >= 11 is 0. The van der Waals surface area contributed by atoms with Gasteiger partial charge in [-0.25, -0.2) is 9.59 Å². The van der Waals surface area contributed by atoms with Crippen molar-refractivity contribution in [2.75, 3.05) is 13.1 Å². The normalized spacial score (nSPS) is 17.1. The number of hydrogen-bond acceptors (Lipinski definition) is 4. The highest BCUT2D eigenvalue weighted by Crippen LogP contribution is 2.19. The van der Waals surface area contributed by atoms with Crippen molar-refractivity contribution in [3.8, 4) is 0 Å². The lowest BCUT2D eigenvalue weighted by atomic mass is 9.87. The van der Waals surface area contributed by atoms with Gasteiger partial charge in [0.1, 0.15) is 12.6 Å². The number of imide groups is 1. The van der Waals surface area contributed by atoms with Crippen LogP contribution in [0, 0.1) is 5.41 Å². The molecule has 1 atom stereocenters. The monoisotopic (exact) mass is 271 g/mol. The van der Waals surface area contributed by atoms with E-state index in [1.165, 1.54) is 0 Å². The van der Waals surface area contributed by atoms with Crippen molar-refractivity contribution >= 4 is 23.8 Å². The predicted octanol–water partition coefficient (Wildman–Crippen LogP) is -0.846. The second-order valence-electron chi connectivity index (χ2n) is 5.34. The lowest BCUT2D eigenvalue weighted by molar-refractivity contribution is -0.145. The Hall–Kier alpha value is -2.12. The number of carbonyl (C=O) groups excluding carboxylic acids is 3. The van der Waals surface area contributed by atoms with Gasteiger partial charge in [0, 0.05) is 0 Å². The molecule has 106 valence electrons. The molecule has 1 aliphatic rings. The number of carboxylic acid groups (broad SMARTS) is 1. The van der Waals surface area contributed by atoms with Crippen molar-refractivity contribution in [3.05, 3.63) is 0 Å². The smallest absolute Gasteiger partial charge is 0.326 e. The van der Waals surface area contributed by atoms with Gasteiger partial charge in [-0.05, 0) is 5.41 Å². The molecule has 19 heavy (non-hydrogen) atoms. The van der Waals surface area contributed by atoms with Gasteiger partial charge in [-0.1, -0.05) is 20.8 Å². The molecule has 1 rings (SSSR count). The van der Waals surface area contributed by atoms with Crippen molar-refractivity contribution in [1.29, 1.82) is 0 Å². The van der Waals surface area contributed by atoms with Crippen LogP contribution in [0.2, 0.25) is 0 Å². The predicted molar refractivity (Wildman–Crippen MR) is 64.1 cm³/mol. The lowest BCUT2D eigenvalue weighted by Crippen LogP contribution is -2.52. The average molecular weight is 271 g/mol. The van der Waals surface area contributed by atoms with Gasteiger partial charge in [-0.2, -0.15) is 0 Å². The van der Waals surface area contributed by atoms with E-state index in [-0.39, 0.29) is 6.54 Å². The van der Waals surface area contributed by atoms with Crippen LogP contribution in [-0.2, 0) is 14.4 Å². The molecule has 8 heteroatoms. The number of nitrogens with zero attached hydrogens (tertiary/aromatic N) is 1. The van der Waals surface area contributed by atoms with Crippen LogP contribution in [0.25, 0.3) is 0 Å². The molecular formula is C11H17N3O5. The van der Waals surface area contributed by atoms with Crippen LogP contribution in [-0.4, -0.2) is 53.0 Å². The summed E-state index contributed by atoms with van der Waals surface area (Å²) in [6.45, 7) is 4.37. The quantitative estimate of drug-likeness (QED) is 0.576. The van der Waals surface area contributed by atoms with Crippen LogP contribution >= 0.6 is 0 Å². The van der Waals surface area contributed by atoms with Gasteiger partial charge < -0.3 is 15.7 Å². The molecule has 4 amide bonds. The highest BCUT2D eigenvalue weighted by molar-refractivity contribution is 6.04. The van der Waals surface area contributed by atoms with Crippen LogP contribution in [0.4, 0.5) is 4.79 Å². The maximum absolute atomic E-state index is 11.7. The zero-order valence-corrected chi connectivity index (χ0v) is 11.0. The number of urea groups is 1. The molecule has 3 N–H and O–H groups in total. The summed E-state index contributed by atoms with van der Waals surface area (Å²) < 4.78 is 0.